The van der Waals surface area contributed by atoms with Gasteiger partial charge in [-0.3, -0.25) is 4.99 Å². The average Bonchev–Trinajstić information content (AvgIpc) is 2.95. The predicted octanol–water partition coefficient (Wildman–Crippen LogP) is 2.72. The van der Waals surface area contributed by atoms with Gasteiger partial charge >= 0.3 is 12.1 Å². The van der Waals surface area contributed by atoms with Gasteiger partial charge < -0.3 is 15.4 Å². The largest absolute Gasteiger partial charge is 0.462 e. The van der Waals surface area contributed by atoms with E-state index in [9.17, 15) is 18.0 Å². The van der Waals surface area contributed by atoms with Gasteiger partial charge in [-0.15, -0.1) is 0 Å². The second kappa shape index (κ2) is 7.58. The maximum Gasteiger partial charge on any atom is 0.416 e. The van der Waals surface area contributed by atoms with E-state index in [0.717, 1.165) is 12.1 Å². The number of carbonyl (C=O) groups is 1. The van der Waals surface area contributed by atoms with Crippen molar-refractivity contribution in [2.24, 2.45) is 10.7 Å². The van der Waals surface area contributed by atoms with Crippen molar-refractivity contribution >= 4 is 11.8 Å². The van der Waals surface area contributed by atoms with E-state index in [4.69, 9.17) is 10.5 Å². The number of alkyl halides is 3. The van der Waals surface area contributed by atoms with Gasteiger partial charge in [-0.05, 0) is 31.5 Å². The molecular weight excluding hydrogens is 335 g/mol. The quantitative estimate of drug-likeness (QED) is 0.651. The molecule has 1 heterocycles. The highest BCUT2D eigenvalue weighted by molar-refractivity contribution is 6.19. The van der Waals surface area contributed by atoms with Crippen molar-refractivity contribution in [2.75, 3.05) is 19.7 Å². The number of amidine groups is 1. The SMILES string of the molecule is CCOC(=O)C(C1=NCCN1Cc1ccc(C(F)(F)F)cc1)=C(C)N. The molecule has 0 atom stereocenters. The number of allylic oxidation sites excluding steroid dienone is 1. The van der Waals surface area contributed by atoms with E-state index in [0.29, 0.717) is 31.0 Å². The number of esters is 1. The van der Waals surface area contributed by atoms with E-state index in [-0.39, 0.29) is 17.9 Å². The smallest absolute Gasteiger partial charge is 0.416 e. The van der Waals surface area contributed by atoms with Crippen molar-refractivity contribution in [3.8, 4) is 0 Å². The lowest BCUT2D eigenvalue weighted by molar-refractivity contribution is -0.138. The Labute approximate surface area is 144 Å². The third-order valence-corrected chi connectivity index (χ3v) is 3.68. The predicted molar refractivity (Wildman–Crippen MR) is 87.7 cm³/mol. The molecule has 0 saturated carbocycles. The Morgan fingerprint density at radius 2 is 1.96 bits per heavy atom. The number of rotatable bonds is 5. The van der Waals surface area contributed by atoms with Crippen LogP contribution in [0.5, 0.6) is 0 Å². The van der Waals surface area contributed by atoms with Crippen molar-refractivity contribution in [3.05, 3.63) is 46.7 Å². The minimum Gasteiger partial charge on any atom is -0.462 e. The zero-order valence-corrected chi connectivity index (χ0v) is 14.1. The standard InChI is InChI=1S/C17H20F3N3O2/c1-3-25-16(24)14(11(2)21)15-22-8-9-23(15)10-12-4-6-13(7-5-12)17(18,19)20/h4-7H,3,8-10,21H2,1-2H3. The molecule has 0 spiro atoms. The van der Waals surface area contributed by atoms with Gasteiger partial charge in [-0.2, -0.15) is 13.2 Å². The van der Waals surface area contributed by atoms with Crippen molar-refractivity contribution < 1.29 is 22.7 Å². The highest BCUT2D eigenvalue weighted by Gasteiger charge is 2.31. The fourth-order valence-corrected chi connectivity index (χ4v) is 2.53. The van der Waals surface area contributed by atoms with E-state index < -0.39 is 17.7 Å². The lowest BCUT2D eigenvalue weighted by Gasteiger charge is -2.22. The van der Waals surface area contributed by atoms with Crippen LogP contribution in [-0.4, -0.2) is 36.4 Å². The molecule has 0 aliphatic carbocycles. The molecule has 0 amide bonds. The summed E-state index contributed by atoms with van der Waals surface area (Å²) >= 11 is 0. The van der Waals surface area contributed by atoms with Gasteiger partial charge in [0.1, 0.15) is 11.4 Å². The summed E-state index contributed by atoms with van der Waals surface area (Å²) in [7, 11) is 0. The van der Waals surface area contributed by atoms with Crippen molar-refractivity contribution in [3.63, 3.8) is 0 Å². The summed E-state index contributed by atoms with van der Waals surface area (Å²) in [5.74, 6) is -0.140. The topological polar surface area (TPSA) is 67.9 Å². The van der Waals surface area contributed by atoms with Crippen LogP contribution in [0.25, 0.3) is 0 Å². The van der Waals surface area contributed by atoms with Crippen LogP contribution in [0.2, 0.25) is 0 Å². The first-order chi connectivity index (χ1) is 11.7. The fourth-order valence-electron chi connectivity index (χ4n) is 2.53. The first-order valence-corrected chi connectivity index (χ1v) is 7.83. The molecule has 2 rings (SSSR count). The van der Waals surface area contributed by atoms with Gasteiger partial charge in [0.2, 0.25) is 0 Å². The van der Waals surface area contributed by atoms with Gasteiger partial charge in [-0.1, -0.05) is 12.1 Å². The Hall–Kier alpha value is -2.51. The molecule has 0 saturated heterocycles. The molecule has 0 fully saturated rings. The molecule has 5 nitrogen and oxygen atoms in total. The first-order valence-electron chi connectivity index (χ1n) is 7.83. The van der Waals surface area contributed by atoms with E-state index in [2.05, 4.69) is 4.99 Å². The molecule has 2 N–H and O–H groups in total. The minimum atomic E-state index is -4.37. The molecule has 1 aliphatic rings. The summed E-state index contributed by atoms with van der Waals surface area (Å²) < 4.78 is 42.9. The summed E-state index contributed by atoms with van der Waals surface area (Å²) in [6, 6.07) is 4.92. The van der Waals surface area contributed by atoms with Crippen LogP contribution in [0.3, 0.4) is 0 Å². The number of hydrogen-bond acceptors (Lipinski definition) is 5. The van der Waals surface area contributed by atoms with Crippen LogP contribution >= 0.6 is 0 Å². The van der Waals surface area contributed by atoms with Gasteiger partial charge in [0.15, 0.2) is 0 Å². The number of ether oxygens (including phenoxy) is 1. The number of halogens is 3. The Morgan fingerprint density at radius 1 is 1.32 bits per heavy atom. The molecule has 1 aliphatic heterocycles. The van der Waals surface area contributed by atoms with Crippen LogP contribution in [0.4, 0.5) is 13.2 Å². The molecule has 0 radical (unpaired) electrons. The highest BCUT2D eigenvalue weighted by atomic mass is 19.4. The summed E-state index contributed by atoms with van der Waals surface area (Å²) in [4.78, 5) is 18.3. The zero-order valence-electron chi connectivity index (χ0n) is 14.1. The number of carbonyl (C=O) groups excluding carboxylic acids is 1. The maximum atomic E-state index is 12.6. The van der Waals surface area contributed by atoms with E-state index >= 15 is 0 Å². The van der Waals surface area contributed by atoms with Gasteiger partial charge in [0, 0.05) is 18.8 Å². The molecule has 136 valence electrons. The molecule has 1 aromatic carbocycles. The Morgan fingerprint density at radius 3 is 2.48 bits per heavy atom. The third-order valence-electron chi connectivity index (χ3n) is 3.68. The number of hydrogen-bond donors (Lipinski definition) is 1. The Bertz CT molecular complexity index is 690. The van der Waals surface area contributed by atoms with Crippen molar-refractivity contribution in [1.29, 1.82) is 0 Å². The van der Waals surface area contributed by atoms with Crippen molar-refractivity contribution in [2.45, 2.75) is 26.6 Å². The number of nitrogens with two attached hydrogens (primary N) is 1. The molecule has 1 aromatic rings. The van der Waals surface area contributed by atoms with E-state index in [1.54, 1.807) is 13.8 Å². The summed E-state index contributed by atoms with van der Waals surface area (Å²) in [6.07, 6.45) is -4.37. The summed E-state index contributed by atoms with van der Waals surface area (Å²) in [6.45, 7) is 4.84. The molecule has 0 aromatic heterocycles. The average molecular weight is 355 g/mol. The van der Waals surface area contributed by atoms with Gasteiger partial charge in [-0.25, -0.2) is 4.79 Å². The third kappa shape index (κ3) is 4.52. The molecule has 8 heteroatoms. The lowest BCUT2D eigenvalue weighted by atomic mass is 10.1. The molecule has 0 unspecified atom stereocenters. The second-order valence-corrected chi connectivity index (χ2v) is 5.60. The zero-order chi connectivity index (χ0) is 18.6. The summed E-state index contributed by atoms with van der Waals surface area (Å²) in [5.41, 5.74) is 6.29. The van der Waals surface area contributed by atoms with Crippen LogP contribution < -0.4 is 5.73 Å². The normalized spacial score (nSPS) is 15.7. The Balaban J connectivity index is 2.18. The van der Waals surface area contributed by atoms with Gasteiger partial charge in [0.05, 0.1) is 18.7 Å². The van der Waals surface area contributed by atoms with Crippen LogP contribution in [0, 0.1) is 0 Å². The number of nitrogens with zero attached hydrogens (tertiary/aromatic N) is 2. The van der Waals surface area contributed by atoms with Crippen LogP contribution in [0.1, 0.15) is 25.0 Å². The maximum absolute atomic E-state index is 12.6. The molecular formula is C17H20F3N3O2. The second-order valence-electron chi connectivity index (χ2n) is 5.60. The minimum absolute atomic E-state index is 0.200. The van der Waals surface area contributed by atoms with Gasteiger partial charge in [0.25, 0.3) is 0 Å². The lowest BCUT2D eigenvalue weighted by Crippen LogP contribution is -2.33. The monoisotopic (exact) mass is 355 g/mol. The molecule has 0 bridgehead atoms. The van der Waals surface area contributed by atoms with Crippen LogP contribution in [0.15, 0.2) is 40.5 Å². The van der Waals surface area contributed by atoms with Crippen LogP contribution in [-0.2, 0) is 22.3 Å². The van der Waals surface area contributed by atoms with Crippen molar-refractivity contribution in [1.82, 2.24) is 4.90 Å². The fraction of sp³-hybridized carbons (Fsp3) is 0.412. The highest BCUT2D eigenvalue weighted by Crippen LogP contribution is 2.29. The summed E-state index contributed by atoms with van der Waals surface area (Å²) in [5, 5.41) is 0. The Kier molecular flexibility index (Phi) is 5.71. The molecule has 25 heavy (non-hydrogen) atoms. The number of aliphatic imine (C=N–C) groups is 1. The van der Waals surface area contributed by atoms with E-state index in [1.165, 1.54) is 12.1 Å². The number of benzene rings is 1. The first kappa shape index (κ1) is 18.8. The van der Waals surface area contributed by atoms with E-state index in [1.807, 2.05) is 4.90 Å².